The maximum Gasteiger partial charge on any atom is 0.251 e. The van der Waals surface area contributed by atoms with Gasteiger partial charge in [0, 0.05) is 43.2 Å². The lowest BCUT2D eigenvalue weighted by molar-refractivity contribution is 0.0954. The third-order valence-corrected chi connectivity index (χ3v) is 3.28. The van der Waals surface area contributed by atoms with E-state index < -0.39 is 0 Å². The van der Waals surface area contributed by atoms with Gasteiger partial charge in [0.05, 0.1) is 0 Å². The standard InChI is InChI=1S/C14H16N4O/c19-14(18-6-4-13-16-7-8-17-13)11-2-1-10-3-5-15-12(10)9-11/h1-2,7-9,15H,3-6H2,(H,16,17)(H,18,19). The van der Waals surface area contributed by atoms with Crippen LogP contribution in [0.2, 0.25) is 0 Å². The fraction of sp³-hybridized carbons (Fsp3) is 0.286. The maximum atomic E-state index is 12.0. The largest absolute Gasteiger partial charge is 0.384 e. The smallest absolute Gasteiger partial charge is 0.251 e. The highest BCUT2D eigenvalue weighted by Gasteiger charge is 2.13. The summed E-state index contributed by atoms with van der Waals surface area (Å²) >= 11 is 0. The molecule has 0 saturated carbocycles. The summed E-state index contributed by atoms with van der Waals surface area (Å²) in [6.07, 6.45) is 5.24. The Bertz CT molecular complexity index is 577. The number of nitrogens with one attached hydrogen (secondary N) is 3. The number of nitrogens with zero attached hydrogens (tertiary/aromatic N) is 1. The highest BCUT2D eigenvalue weighted by Crippen LogP contribution is 2.22. The van der Waals surface area contributed by atoms with Gasteiger partial charge in [0.2, 0.25) is 0 Å². The number of aromatic amines is 1. The molecule has 1 aromatic carbocycles. The van der Waals surface area contributed by atoms with E-state index in [0.29, 0.717) is 18.5 Å². The Morgan fingerprint density at radius 1 is 1.42 bits per heavy atom. The molecule has 0 radical (unpaired) electrons. The van der Waals surface area contributed by atoms with Crippen LogP contribution in [0.4, 0.5) is 5.69 Å². The van der Waals surface area contributed by atoms with E-state index in [1.54, 1.807) is 12.4 Å². The monoisotopic (exact) mass is 256 g/mol. The highest BCUT2D eigenvalue weighted by molar-refractivity contribution is 5.95. The van der Waals surface area contributed by atoms with Crippen LogP contribution in [0.3, 0.4) is 0 Å². The van der Waals surface area contributed by atoms with Gasteiger partial charge in [0.1, 0.15) is 5.82 Å². The topological polar surface area (TPSA) is 69.8 Å². The predicted octanol–water partition coefficient (Wildman–Crippen LogP) is 1.35. The molecule has 1 aromatic heterocycles. The van der Waals surface area contributed by atoms with Gasteiger partial charge in [-0.2, -0.15) is 0 Å². The van der Waals surface area contributed by atoms with Gasteiger partial charge < -0.3 is 15.6 Å². The first kappa shape index (κ1) is 11.8. The maximum absolute atomic E-state index is 12.0. The van der Waals surface area contributed by atoms with Crippen molar-refractivity contribution in [1.82, 2.24) is 15.3 Å². The van der Waals surface area contributed by atoms with Crippen LogP contribution in [0, 0.1) is 0 Å². The Morgan fingerprint density at radius 2 is 2.37 bits per heavy atom. The number of hydrogen-bond donors (Lipinski definition) is 3. The van der Waals surface area contributed by atoms with Crippen molar-refractivity contribution in [2.45, 2.75) is 12.8 Å². The Kier molecular flexibility index (Phi) is 3.18. The normalized spacial score (nSPS) is 12.8. The molecule has 0 atom stereocenters. The molecule has 1 aliphatic rings. The van der Waals surface area contributed by atoms with E-state index in [9.17, 15) is 4.79 Å². The van der Waals surface area contributed by atoms with Crippen LogP contribution in [-0.4, -0.2) is 29.0 Å². The van der Waals surface area contributed by atoms with Crippen LogP contribution in [0.5, 0.6) is 0 Å². The highest BCUT2D eigenvalue weighted by atomic mass is 16.1. The molecule has 1 amide bonds. The van der Waals surface area contributed by atoms with Crippen LogP contribution in [0.1, 0.15) is 21.7 Å². The number of fused-ring (bicyclic) bond motifs is 1. The minimum Gasteiger partial charge on any atom is -0.384 e. The second-order valence-corrected chi connectivity index (χ2v) is 4.59. The third-order valence-electron chi connectivity index (χ3n) is 3.28. The Labute approximate surface area is 111 Å². The molecule has 0 fully saturated rings. The summed E-state index contributed by atoms with van der Waals surface area (Å²) in [6, 6.07) is 5.83. The SMILES string of the molecule is O=C(NCCc1ncc[nH]1)c1ccc2c(c1)NCC2. The lowest BCUT2D eigenvalue weighted by atomic mass is 10.1. The molecule has 5 nitrogen and oxygen atoms in total. The first-order valence-electron chi connectivity index (χ1n) is 6.46. The number of imidazole rings is 1. The molecule has 3 rings (SSSR count). The summed E-state index contributed by atoms with van der Waals surface area (Å²) in [6.45, 7) is 1.54. The molecular weight excluding hydrogens is 240 g/mol. The fourth-order valence-corrected chi connectivity index (χ4v) is 2.26. The molecule has 0 saturated heterocycles. The number of amides is 1. The van der Waals surface area contributed by atoms with E-state index >= 15 is 0 Å². The van der Waals surface area contributed by atoms with Gasteiger partial charge in [0.25, 0.3) is 5.91 Å². The number of rotatable bonds is 4. The van der Waals surface area contributed by atoms with Gasteiger partial charge in [-0.05, 0) is 24.1 Å². The van der Waals surface area contributed by atoms with Gasteiger partial charge in [-0.3, -0.25) is 4.79 Å². The molecular formula is C14H16N4O. The van der Waals surface area contributed by atoms with Crippen molar-refractivity contribution in [3.8, 4) is 0 Å². The lowest BCUT2D eigenvalue weighted by Crippen LogP contribution is -2.26. The molecule has 2 aromatic rings. The van der Waals surface area contributed by atoms with Gasteiger partial charge >= 0.3 is 0 Å². The average Bonchev–Trinajstić information content (AvgIpc) is 3.08. The number of aromatic nitrogens is 2. The summed E-state index contributed by atoms with van der Waals surface area (Å²) < 4.78 is 0. The minimum absolute atomic E-state index is 0.0388. The Morgan fingerprint density at radius 3 is 3.21 bits per heavy atom. The first-order chi connectivity index (χ1) is 9.33. The van der Waals surface area contributed by atoms with Crippen LogP contribution >= 0.6 is 0 Å². The summed E-state index contributed by atoms with van der Waals surface area (Å²) in [7, 11) is 0. The van der Waals surface area contributed by atoms with Crippen LogP contribution < -0.4 is 10.6 Å². The molecule has 0 spiro atoms. The second kappa shape index (κ2) is 5.14. The molecule has 0 aliphatic carbocycles. The van der Waals surface area contributed by atoms with E-state index in [-0.39, 0.29) is 5.91 Å². The molecule has 0 bridgehead atoms. The molecule has 1 aliphatic heterocycles. The summed E-state index contributed by atoms with van der Waals surface area (Å²) in [5.41, 5.74) is 3.07. The van der Waals surface area contributed by atoms with Gasteiger partial charge in [-0.1, -0.05) is 6.07 Å². The number of benzene rings is 1. The third kappa shape index (κ3) is 2.59. The molecule has 2 heterocycles. The van der Waals surface area contributed by atoms with Crippen LogP contribution in [0.25, 0.3) is 0 Å². The molecule has 5 heteroatoms. The zero-order valence-corrected chi connectivity index (χ0v) is 10.6. The second-order valence-electron chi connectivity index (χ2n) is 4.59. The number of H-pyrrole nitrogens is 1. The summed E-state index contributed by atoms with van der Waals surface area (Å²) in [5.74, 6) is 0.846. The zero-order valence-electron chi connectivity index (χ0n) is 10.6. The van der Waals surface area contributed by atoms with E-state index in [1.807, 2.05) is 18.2 Å². The first-order valence-corrected chi connectivity index (χ1v) is 6.46. The van der Waals surface area contributed by atoms with Gasteiger partial charge in [-0.25, -0.2) is 4.98 Å². The minimum atomic E-state index is -0.0388. The van der Waals surface area contributed by atoms with Crippen molar-refractivity contribution >= 4 is 11.6 Å². The van der Waals surface area contributed by atoms with E-state index in [4.69, 9.17) is 0 Å². The quantitative estimate of drug-likeness (QED) is 0.773. The number of hydrogen-bond acceptors (Lipinski definition) is 3. The zero-order chi connectivity index (χ0) is 13.1. The van der Waals surface area contributed by atoms with E-state index in [1.165, 1.54) is 5.56 Å². The predicted molar refractivity (Wildman–Crippen MR) is 73.3 cm³/mol. The van der Waals surface area contributed by atoms with Crippen molar-refractivity contribution in [1.29, 1.82) is 0 Å². The van der Waals surface area contributed by atoms with Crippen molar-refractivity contribution in [3.05, 3.63) is 47.5 Å². The van der Waals surface area contributed by atoms with Crippen LogP contribution in [-0.2, 0) is 12.8 Å². The van der Waals surface area contributed by atoms with Gasteiger partial charge in [0.15, 0.2) is 0 Å². The van der Waals surface area contributed by atoms with Crippen molar-refractivity contribution in [3.63, 3.8) is 0 Å². The number of carbonyl (C=O) groups is 1. The van der Waals surface area contributed by atoms with Crippen molar-refractivity contribution in [2.24, 2.45) is 0 Å². The average molecular weight is 256 g/mol. The fourth-order valence-electron chi connectivity index (χ4n) is 2.26. The number of anilines is 1. The molecule has 0 unspecified atom stereocenters. The molecule has 3 N–H and O–H groups in total. The van der Waals surface area contributed by atoms with E-state index in [2.05, 4.69) is 20.6 Å². The Hall–Kier alpha value is -2.30. The molecule has 19 heavy (non-hydrogen) atoms. The van der Waals surface area contributed by atoms with Crippen molar-refractivity contribution < 1.29 is 4.79 Å². The lowest BCUT2D eigenvalue weighted by Gasteiger charge is -2.06. The summed E-state index contributed by atoms with van der Waals surface area (Å²) in [4.78, 5) is 19.1. The number of carbonyl (C=O) groups excluding carboxylic acids is 1. The Balaban J connectivity index is 1.58. The molecule has 98 valence electrons. The van der Waals surface area contributed by atoms with Crippen LogP contribution in [0.15, 0.2) is 30.6 Å². The van der Waals surface area contributed by atoms with E-state index in [0.717, 1.165) is 24.5 Å². The summed E-state index contributed by atoms with van der Waals surface area (Å²) in [5, 5.41) is 6.18. The van der Waals surface area contributed by atoms with Crippen molar-refractivity contribution in [2.75, 3.05) is 18.4 Å². The van der Waals surface area contributed by atoms with Gasteiger partial charge in [-0.15, -0.1) is 0 Å².